The van der Waals surface area contributed by atoms with Crippen LogP contribution in [0.5, 0.6) is 0 Å². The summed E-state index contributed by atoms with van der Waals surface area (Å²) < 4.78 is 2.48. The summed E-state index contributed by atoms with van der Waals surface area (Å²) in [5.74, 6) is 0. The van der Waals surface area contributed by atoms with Crippen LogP contribution in [0.25, 0.3) is 61.9 Å². The van der Waals surface area contributed by atoms with Gasteiger partial charge in [0.05, 0.1) is 16.4 Å². The van der Waals surface area contributed by atoms with Crippen LogP contribution in [0.4, 0.5) is 0 Å². The zero-order valence-electron chi connectivity index (χ0n) is 38.9. The van der Waals surface area contributed by atoms with Crippen molar-refractivity contribution in [3.8, 4) is 27.9 Å². The molecular weight excluding hydrogens is 747 g/mol. The van der Waals surface area contributed by atoms with Gasteiger partial charge >= 0.3 is 0 Å². The van der Waals surface area contributed by atoms with Gasteiger partial charge in [0, 0.05) is 16.5 Å². The molecular formula is C61H61N. The van der Waals surface area contributed by atoms with Gasteiger partial charge in [-0.1, -0.05) is 198 Å². The maximum atomic E-state index is 2.54. The van der Waals surface area contributed by atoms with Crippen molar-refractivity contribution in [2.45, 2.75) is 110 Å². The van der Waals surface area contributed by atoms with E-state index in [1.54, 1.807) is 0 Å². The molecule has 1 heteroatoms. The quantitative estimate of drug-likeness (QED) is 0.157. The summed E-state index contributed by atoms with van der Waals surface area (Å²) in [6, 6.07) is 54.1. The lowest BCUT2D eigenvalue weighted by atomic mass is 9.68. The number of aromatic nitrogens is 1. The molecule has 0 atom stereocenters. The molecule has 2 aliphatic carbocycles. The van der Waals surface area contributed by atoms with Crippen molar-refractivity contribution in [3.05, 3.63) is 195 Å². The predicted octanol–water partition coefficient (Wildman–Crippen LogP) is 16.5. The minimum atomic E-state index is -0.416. The van der Waals surface area contributed by atoms with Crippen molar-refractivity contribution in [1.29, 1.82) is 0 Å². The first-order valence-electron chi connectivity index (χ1n) is 22.7. The van der Waals surface area contributed by atoms with Crippen LogP contribution in [0.15, 0.2) is 140 Å². The van der Waals surface area contributed by atoms with E-state index in [-0.39, 0.29) is 21.7 Å². The maximum Gasteiger partial charge on any atom is 0.0725 e. The Morgan fingerprint density at radius 2 is 0.806 bits per heavy atom. The highest BCUT2D eigenvalue weighted by molar-refractivity contribution is 6.10. The standard InChI is InChI=1S/C61H61N/c1-57(2,3)40-25-28-47-48-29-26-41(58(4,5)6)37-54(48)61(53(47)36-40)51-19-15-13-17-45(51)46-27-23-39(32-52(46)61)22-21-38-24-30-56-50(31-38)49-18-14-16-20-55(49)62(56)44-34-42(59(7,8)9)33-43(35-44)60(10,11)12/h13-37H,1-12H3/b22-21+. The molecule has 1 spiro atoms. The number of nitrogens with zero attached hydrogens (tertiary/aromatic N) is 1. The van der Waals surface area contributed by atoms with E-state index in [0.29, 0.717) is 0 Å². The molecule has 0 aliphatic heterocycles. The van der Waals surface area contributed by atoms with E-state index in [4.69, 9.17) is 0 Å². The van der Waals surface area contributed by atoms with Crippen molar-refractivity contribution in [3.63, 3.8) is 0 Å². The topological polar surface area (TPSA) is 4.93 Å². The molecule has 0 saturated carbocycles. The molecule has 0 bridgehead atoms. The Morgan fingerprint density at radius 3 is 1.39 bits per heavy atom. The van der Waals surface area contributed by atoms with Gasteiger partial charge in [-0.25, -0.2) is 0 Å². The number of hydrogen-bond acceptors (Lipinski definition) is 0. The van der Waals surface area contributed by atoms with E-state index >= 15 is 0 Å². The van der Waals surface area contributed by atoms with Crippen molar-refractivity contribution >= 4 is 34.0 Å². The second kappa shape index (κ2) is 13.5. The van der Waals surface area contributed by atoms with Crippen LogP contribution < -0.4 is 0 Å². The molecule has 7 aromatic carbocycles. The summed E-state index contributed by atoms with van der Waals surface area (Å²) >= 11 is 0. The van der Waals surface area contributed by atoms with Crippen LogP contribution in [0.2, 0.25) is 0 Å². The van der Waals surface area contributed by atoms with E-state index < -0.39 is 5.41 Å². The molecule has 0 N–H and O–H groups in total. The third-order valence-corrected chi connectivity index (χ3v) is 14.0. The second-order valence-corrected chi connectivity index (χ2v) is 22.4. The van der Waals surface area contributed by atoms with Crippen LogP contribution in [0, 0.1) is 0 Å². The number of fused-ring (bicyclic) bond motifs is 13. The Kier molecular flexibility index (Phi) is 8.77. The molecule has 0 amide bonds. The summed E-state index contributed by atoms with van der Waals surface area (Å²) in [4.78, 5) is 0. The third-order valence-electron chi connectivity index (χ3n) is 14.0. The molecule has 0 fully saturated rings. The monoisotopic (exact) mass is 807 g/mol. The second-order valence-electron chi connectivity index (χ2n) is 22.4. The van der Waals surface area contributed by atoms with Crippen molar-refractivity contribution in [2.75, 3.05) is 0 Å². The fraction of sp³-hybridized carbons (Fsp3) is 0.279. The fourth-order valence-corrected chi connectivity index (χ4v) is 10.4. The molecule has 1 nitrogen and oxygen atoms in total. The molecule has 62 heavy (non-hydrogen) atoms. The highest BCUT2D eigenvalue weighted by atomic mass is 15.0. The van der Waals surface area contributed by atoms with Gasteiger partial charge in [0.15, 0.2) is 0 Å². The molecule has 0 unspecified atom stereocenters. The Bertz CT molecular complexity index is 3050. The van der Waals surface area contributed by atoms with Gasteiger partial charge in [0.25, 0.3) is 0 Å². The fourth-order valence-electron chi connectivity index (χ4n) is 10.4. The van der Waals surface area contributed by atoms with E-state index in [1.807, 2.05) is 0 Å². The summed E-state index contributed by atoms with van der Waals surface area (Å²) in [5.41, 5.74) is 22.2. The normalized spacial score (nSPS) is 14.5. The van der Waals surface area contributed by atoms with Crippen LogP contribution in [-0.4, -0.2) is 4.57 Å². The van der Waals surface area contributed by atoms with E-state index in [0.717, 1.165) is 0 Å². The maximum absolute atomic E-state index is 2.54. The first kappa shape index (κ1) is 40.2. The third kappa shape index (κ3) is 6.18. The van der Waals surface area contributed by atoms with Gasteiger partial charge in [-0.05, 0) is 136 Å². The molecule has 0 radical (unpaired) electrons. The molecule has 1 aromatic heterocycles. The minimum absolute atomic E-state index is 0.0202. The lowest BCUT2D eigenvalue weighted by Crippen LogP contribution is -2.27. The van der Waals surface area contributed by atoms with E-state index in [1.165, 1.54) is 105 Å². The number of hydrogen-bond donors (Lipinski definition) is 0. The molecule has 310 valence electrons. The summed E-state index contributed by atoms with van der Waals surface area (Å²) in [7, 11) is 0. The highest BCUT2D eigenvalue weighted by Crippen LogP contribution is 2.63. The van der Waals surface area contributed by atoms with Gasteiger partial charge in [-0.15, -0.1) is 0 Å². The molecule has 2 aliphatic rings. The Balaban J connectivity index is 1.13. The average Bonchev–Trinajstić information content (AvgIpc) is 3.82. The first-order valence-corrected chi connectivity index (χ1v) is 22.7. The first-order chi connectivity index (χ1) is 29.2. The van der Waals surface area contributed by atoms with Gasteiger partial charge < -0.3 is 4.57 Å². The predicted molar refractivity (Wildman–Crippen MR) is 267 cm³/mol. The van der Waals surface area contributed by atoms with Crippen LogP contribution in [-0.2, 0) is 27.1 Å². The van der Waals surface area contributed by atoms with E-state index in [9.17, 15) is 0 Å². The zero-order chi connectivity index (χ0) is 43.7. The van der Waals surface area contributed by atoms with Gasteiger partial charge in [0.2, 0.25) is 0 Å². The minimum Gasteiger partial charge on any atom is -0.309 e. The lowest BCUT2D eigenvalue weighted by molar-refractivity contribution is 0.568. The van der Waals surface area contributed by atoms with Crippen LogP contribution in [0.3, 0.4) is 0 Å². The summed E-state index contributed by atoms with van der Waals surface area (Å²) in [6.45, 7) is 27.9. The molecule has 0 saturated heterocycles. The number of para-hydroxylation sites is 1. The van der Waals surface area contributed by atoms with Crippen LogP contribution in [0.1, 0.15) is 139 Å². The summed E-state index contributed by atoms with van der Waals surface area (Å²) in [6.07, 6.45) is 4.64. The van der Waals surface area contributed by atoms with Crippen molar-refractivity contribution in [2.24, 2.45) is 0 Å². The van der Waals surface area contributed by atoms with Gasteiger partial charge in [0.1, 0.15) is 0 Å². The number of rotatable bonds is 3. The Labute approximate surface area is 370 Å². The lowest BCUT2D eigenvalue weighted by Gasteiger charge is -2.33. The Hall–Kier alpha value is -5.92. The largest absolute Gasteiger partial charge is 0.309 e. The summed E-state index contributed by atoms with van der Waals surface area (Å²) in [5, 5.41) is 2.55. The zero-order valence-corrected chi connectivity index (χ0v) is 38.9. The smallest absolute Gasteiger partial charge is 0.0725 e. The van der Waals surface area contributed by atoms with Crippen molar-refractivity contribution in [1.82, 2.24) is 4.57 Å². The SMILES string of the molecule is CC(C)(C)c1cc(-n2c3ccccc3c3cc(/C=C/c4ccc5c(c4)C4(c6ccccc6-5)c5cc(C(C)(C)C)ccc5-c5ccc(C(C)(C)C)cc54)ccc32)cc(C(C)(C)C)c1. The highest BCUT2D eigenvalue weighted by Gasteiger charge is 2.52. The Morgan fingerprint density at radius 1 is 0.355 bits per heavy atom. The van der Waals surface area contributed by atoms with Crippen LogP contribution >= 0.6 is 0 Å². The van der Waals surface area contributed by atoms with Crippen molar-refractivity contribution < 1.29 is 0 Å². The van der Waals surface area contributed by atoms with Gasteiger partial charge in [-0.3, -0.25) is 0 Å². The molecule has 1 heterocycles. The average molecular weight is 808 g/mol. The number of benzene rings is 7. The van der Waals surface area contributed by atoms with E-state index in [2.05, 4.69) is 239 Å². The van der Waals surface area contributed by atoms with Gasteiger partial charge in [-0.2, -0.15) is 0 Å². The molecule has 8 aromatic rings. The molecule has 10 rings (SSSR count).